The van der Waals surface area contributed by atoms with Gasteiger partial charge in [0.25, 0.3) is 5.91 Å². The Hall–Kier alpha value is -2.24. The molecule has 0 radical (unpaired) electrons. The average Bonchev–Trinajstić information content (AvgIpc) is 2.46. The van der Waals surface area contributed by atoms with Crippen molar-refractivity contribution in [3.8, 4) is 5.75 Å². The number of rotatable bonds is 1. The third-order valence-electron chi connectivity index (χ3n) is 2.88. The van der Waals surface area contributed by atoms with Crippen LogP contribution in [0.25, 0.3) is 0 Å². The van der Waals surface area contributed by atoms with Crippen LogP contribution in [0, 0.1) is 0 Å². The van der Waals surface area contributed by atoms with E-state index in [1.165, 1.54) is 0 Å². The van der Waals surface area contributed by atoms with Crippen molar-refractivity contribution in [1.82, 2.24) is 5.32 Å². The summed E-state index contributed by atoms with van der Waals surface area (Å²) in [6.07, 6.45) is -1.16. The Morgan fingerprint density at radius 2 is 2.00 bits per heavy atom. The summed E-state index contributed by atoms with van der Waals surface area (Å²) in [6, 6.07) is 6.30. The van der Waals surface area contributed by atoms with Gasteiger partial charge in [-0.25, -0.2) is 4.79 Å². The first-order valence-corrected chi connectivity index (χ1v) is 6.82. The predicted molar refractivity (Wildman–Crippen MR) is 78.3 cm³/mol. The molecule has 1 aromatic carbocycles. The van der Waals surface area contributed by atoms with Crippen LogP contribution in [0.15, 0.2) is 24.3 Å². The van der Waals surface area contributed by atoms with E-state index in [-0.39, 0.29) is 5.91 Å². The molecule has 2 rings (SSSR count). The second kappa shape index (κ2) is 5.63. The van der Waals surface area contributed by atoms with Crippen molar-refractivity contribution in [3.05, 3.63) is 24.3 Å². The fourth-order valence-corrected chi connectivity index (χ4v) is 1.98. The van der Waals surface area contributed by atoms with E-state index in [0.717, 1.165) is 0 Å². The summed E-state index contributed by atoms with van der Waals surface area (Å²) >= 11 is 0. The smallest absolute Gasteiger partial charge is 0.408 e. The van der Waals surface area contributed by atoms with E-state index >= 15 is 0 Å². The number of fused-ring (bicyclic) bond motifs is 1. The molecule has 0 saturated carbocycles. The Labute approximate surface area is 123 Å². The Morgan fingerprint density at radius 3 is 2.67 bits per heavy atom. The molecule has 114 valence electrons. The van der Waals surface area contributed by atoms with E-state index < -0.39 is 23.8 Å². The van der Waals surface area contributed by atoms with Crippen LogP contribution in [0.3, 0.4) is 0 Å². The highest BCUT2D eigenvalue weighted by molar-refractivity contribution is 5.98. The number of nitrogens with one attached hydrogen (secondary N) is 2. The molecule has 0 fully saturated rings. The summed E-state index contributed by atoms with van der Waals surface area (Å²) < 4.78 is 10.9. The number of amides is 2. The van der Waals surface area contributed by atoms with Gasteiger partial charge in [0, 0.05) is 0 Å². The Balaban J connectivity index is 2.11. The van der Waals surface area contributed by atoms with Crippen molar-refractivity contribution < 1.29 is 19.1 Å². The van der Waals surface area contributed by atoms with Crippen LogP contribution in [0.4, 0.5) is 10.5 Å². The molecule has 6 heteroatoms. The molecule has 0 aliphatic carbocycles. The highest BCUT2D eigenvalue weighted by atomic mass is 16.6. The molecule has 0 unspecified atom stereocenters. The van der Waals surface area contributed by atoms with Gasteiger partial charge in [0.2, 0.25) is 0 Å². The number of para-hydroxylation sites is 2. The van der Waals surface area contributed by atoms with Gasteiger partial charge in [-0.15, -0.1) is 0 Å². The molecule has 1 aliphatic rings. The van der Waals surface area contributed by atoms with E-state index in [1.807, 2.05) is 6.07 Å². The van der Waals surface area contributed by atoms with Crippen LogP contribution in [0.5, 0.6) is 5.75 Å². The van der Waals surface area contributed by atoms with Gasteiger partial charge in [0.15, 0.2) is 0 Å². The number of hydrogen-bond donors (Lipinski definition) is 2. The second-order valence-corrected chi connectivity index (χ2v) is 5.93. The SMILES string of the molecule is C[C@@H]1Oc2ccccc2NC(=O)[C@H]1NC(=O)OC(C)(C)C. The summed E-state index contributed by atoms with van der Waals surface area (Å²) in [5.41, 5.74) is -0.0407. The zero-order chi connectivity index (χ0) is 15.6. The monoisotopic (exact) mass is 292 g/mol. The van der Waals surface area contributed by atoms with E-state index in [1.54, 1.807) is 45.9 Å². The van der Waals surface area contributed by atoms with Crippen molar-refractivity contribution in [3.63, 3.8) is 0 Å². The van der Waals surface area contributed by atoms with Crippen LogP contribution in [-0.4, -0.2) is 29.7 Å². The van der Waals surface area contributed by atoms with Crippen LogP contribution in [0.1, 0.15) is 27.7 Å². The Bertz CT molecular complexity index is 551. The highest BCUT2D eigenvalue weighted by Crippen LogP contribution is 2.28. The van der Waals surface area contributed by atoms with Crippen molar-refractivity contribution in [2.75, 3.05) is 5.32 Å². The largest absolute Gasteiger partial charge is 0.486 e. The molecule has 0 bridgehead atoms. The summed E-state index contributed by atoms with van der Waals surface area (Å²) in [4.78, 5) is 24.1. The maximum Gasteiger partial charge on any atom is 0.408 e. The minimum atomic E-state index is -0.827. The molecular formula is C15H20N2O4. The normalized spacial score (nSPS) is 21.4. The van der Waals surface area contributed by atoms with Crippen LogP contribution < -0.4 is 15.4 Å². The highest BCUT2D eigenvalue weighted by Gasteiger charge is 2.33. The lowest BCUT2D eigenvalue weighted by Gasteiger charge is -2.24. The van der Waals surface area contributed by atoms with Gasteiger partial charge in [-0.05, 0) is 39.8 Å². The molecule has 2 N–H and O–H groups in total. The number of carbonyl (C=O) groups is 2. The topological polar surface area (TPSA) is 76.7 Å². The number of benzene rings is 1. The van der Waals surface area contributed by atoms with Crippen LogP contribution in [-0.2, 0) is 9.53 Å². The molecule has 2 amide bonds. The average molecular weight is 292 g/mol. The summed E-state index contributed by atoms with van der Waals surface area (Å²) in [7, 11) is 0. The fourth-order valence-electron chi connectivity index (χ4n) is 1.98. The zero-order valence-electron chi connectivity index (χ0n) is 12.6. The predicted octanol–water partition coefficient (Wildman–Crippen LogP) is 2.30. The molecule has 0 spiro atoms. The number of hydrogen-bond acceptors (Lipinski definition) is 4. The van der Waals surface area contributed by atoms with Gasteiger partial charge >= 0.3 is 6.09 Å². The summed E-state index contributed by atoms with van der Waals surface area (Å²) in [5, 5.41) is 5.29. The summed E-state index contributed by atoms with van der Waals surface area (Å²) in [5.74, 6) is 0.241. The quantitative estimate of drug-likeness (QED) is 0.832. The van der Waals surface area contributed by atoms with Crippen molar-refractivity contribution >= 4 is 17.7 Å². The first-order chi connectivity index (χ1) is 9.76. The number of carbonyl (C=O) groups excluding carboxylic acids is 2. The molecule has 21 heavy (non-hydrogen) atoms. The van der Waals surface area contributed by atoms with Gasteiger partial charge in [-0.2, -0.15) is 0 Å². The lowest BCUT2D eigenvalue weighted by atomic mass is 10.1. The van der Waals surface area contributed by atoms with Crippen molar-refractivity contribution in [2.24, 2.45) is 0 Å². The molecule has 1 heterocycles. The lowest BCUT2D eigenvalue weighted by molar-refractivity contribution is -0.119. The van der Waals surface area contributed by atoms with E-state index in [4.69, 9.17) is 9.47 Å². The van der Waals surface area contributed by atoms with Crippen LogP contribution >= 0.6 is 0 Å². The van der Waals surface area contributed by atoms with Gasteiger partial charge in [0.05, 0.1) is 5.69 Å². The van der Waals surface area contributed by atoms with Crippen molar-refractivity contribution in [1.29, 1.82) is 0 Å². The zero-order valence-corrected chi connectivity index (χ0v) is 12.6. The number of ether oxygens (including phenoxy) is 2. The first-order valence-electron chi connectivity index (χ1n) is 6.82. The lowest BCUT2D eigenvalue weighted by Crippen LogP contribution is -2.51. The maximum absolute atomic E-state index is 12.2. The van der Waals surface area contributed by atoms with E-state index in [2.05, 4.69) is 10.6 Å². The van der Waals surface area contributed by atoms with Crippen LogP contribution in [0.2, 0.25) is 0 Å². The third kappa shape index (κ3) is 3.87. The number of anilines is 1. The first kappa shape index (κ1) is 15.2. The Kier molecular flexibility index (Phi) is 4.06. The minimum absolute atomic E-state index is 0.335. The molecule has 6 nitrogen and oxygen atoms in total. The van der Waals surface area contributed by atoms with E-state index in [0.29, 0.717) is 11.4 Å². The van der Waals surface area contributed by atoms with Gasteiger partial charge in [-0.1, -0.05) is 12.1 Å². The molecule has 1 aromatic rings. The number of alkyl carbamates (subject to hydrolysis) is 1. The minimum Gasteiger partial charge on any atom is -0.486 e. The standard InChI is InChI=1S/C15H20N2O4/c1-9-12(17-14(19)21-15(2,3)4)13(18)16-10-7-5-6-8-11(10)20-9/h5-9,12H,1-4H3,(H,16,18)(H,17,19)/t9-,12-/m0/s1. The molecular weight excluding hydrogens is 272 g/mol. The Morgan fingerprint density at radius 1 is 1.33 bits per heavy atom. The molecule has 2 atom stereocenters. The summed E-state index contributed by atoms with van der Waals surface area (Å²) in [6.45, 7) is 7.00. The maximum atomic E-state index is 12.2. The molecule has 0 aromatic heterocycles. The third-order valence-corrected chi connectivity index (χ3v) is 2.88. The van der Waals surface area contributed by atoms with Crippen molar-refractivity contribution in [2.45, 2.75) is 45.4 Å². The van der Waals surface area contributed by atoms with Gasteiger partial charge in [0.1, 0.15) is 23.5 Å². The molecule has 0 saturated heterocycles. The van der Waals surface area contributed by atoms with Gasteiger partial charge in [-0.3, -0.25) is 4.79 Å². The molecule has 1 aliphatic heterocycles. The van der Waals surface area contributed by atoms with E-state index in [9.17, 15) is 9.59 Å². The van der Waals surface area contributed by atoms with Gasteiger partial charge < -0.3 is 20.1 Å². The fraction of sp³-hybridized carbons (Fsp3) is 0.467. The second-order valence-electron chi connectivity index (χ2n) is 5.93.